The predicted octanol–water partition coefficient (Wildman–Crippen LogP) is 15.6. The van der Waals surface area contributed by atoms with Crippen LogP contribution in [0.15, 0.2) is 158 Å². The first-order valence-electron chi connectivity index (χ1n) is 21.8. The highest BCUT2D eigenvalue weighted by Crippen LogP contribution is 2.93. The van der Waals surface area contributed by atoms with E-state index in [-0.39, 0.29) is 10.8 Å². The summed E-state index contributed by atoms with van der Waals surface area (Å²) in [6.07, 6.45) is 5.71. The van der Waals surface area contributed by atoms with Crippen LogP contribution in [0.5, 0.6) is 0 Å². The number of anilines is 3. The molecule has 288 valence electrons. The first kappa shape index (κ1) is 35.7. The molecule has 0 aliphatic heterocycles. The standard InChI is InChI=1S/C57H55N/c1-54(2,3)41-30-42(55(4,5)6)34-46(33-41)58(52-28-27-40(37-17-9-7-10-18-37)29-49(52)38-19-11-8-12-20-38)51-26-14-13-23-47(51)48-24-15-21-39-22-16-25-50(53(39)48)56-35-44-31-43-32-45(36-56)57(43,44)56/h7-30,33-34,43-45H,31-32,35-36H2,1-6H3. The first-order valence-corrected chi connectivity index (χ1v) is 21.8. The Labute approximate surface area is 345 Å². The number of rotatable bonds is 7. The Morgan fingerprint density at radius 1 is 0.466 bits per heavy atom. The third kappa shape index (κ3) is 5.01. The highest BCUT2D eigenvalue weighted by Gasteiger charge is 2.87. The Kier molecular flexibility index (Phi) is 7.73. The number of hydrogen-bond donors (Lipinski definition) is 0. The summed E-state index contributed by atoms with van der Waals surface area (Å²) in [5, 5.41) is 2.84. The molecule has 7 aromatic rings. The Balaban J connectivity index is 1.19. The van der Waals surface area contributed by atoms with Gasteiger partial charge >= 0.3 is 0 Å². The Hall–Kier alpha value is -5.40. The summed E-state index contributed by atoms with van der Waals surface area (Å²) < 4.78 is 0. The predicted molar refractivity (Wildman–Crippen MR) is 245 cm³/mol. The third-order valence-corrected chi connectivity index (χ3v) is 15.4. The topological polar surface area (TPSA) is 3.24 Å². The molecule has 0 aromatic heterocycles. The van der Waals surface area contributed by atoms with Crippen molar-refractivity contribution in [3.63, 3.8) is 0 Å². The molecule has 4 fully saturated rings. The van der Waals surface area contributed by atoms with Gasteiger partial charge in [0.1, 0.15) is 0 Å². The lowest BCUT2D eigenvalue weighted by molar-refractivity contribution is -0.394. The smallest absolute Gasteiger partial charge is 0.0540 e. The molecule has 2 unspecified atom stereocenters. The summed E-state index contributed by atoms with van der Waals surface area (Å²) in [6, 6.07) is 59.9. The van der Waals surface area contributed by atoms with Gasteiger partial charge in [-0.2, -0.15) is 0 Å². The van der Waals surface area contributed by atoms with Gasteiger partial charge in [-0.3, -0.25) is 0 Å². The van der Waals surface area contributed by atoms with Gasteiger partial charge in [-0.05, 0) is 140 Å². The number of benzene rings is 7. The maximum Gasteiger partial charge on any atom is 0.0540 e. The van der Waals surface area contributed by atoms with Gasteiger partial charge < -0.3 is 4.90 Å². The van der Waals surface area contributed by atoms with Crippen LogP contribution in [-0.2, 0) is 16.2 Å². The first-order chi connectivity index (χ1) is 28.0. The van der Waals surface area contributed by atoms with Crippen molar-refractivity contribution >= 4 is 27.8 Å². The van der Waals surface area contributed by atoms with Crippen molar-refractivity contribution in [1.82, 2.24) is 0 Å². The Morgan fingerprint density at radius 2 is 1.03 bits per heavy atom. The van der Waals surface area contributed by atoms with E-state index in [1.165, 1.54) is 98.0 Å². The van der Waals surface area contributed by atoms with Crippen LogP contribution >= 0.6 is 0 Å². The van der Waals surface area contributed by atoms with Gasteiger partial charge in [0, 0.05) is 22.2 Å². The molecule has 0 saturated heterocycles. The average molecular weight is 754 g/mol. The van der Waals surface area contributed by atoms with E-state index in [0.717, 1.165) is 17.8 Å². The van der Waals surface area contributed by atoms with Gasteiger partial charge in [0.2, 0.25) is 0 Å². The van der Waals surface area contributed by atoms with Crippen LogP contribution in [0.2, 0.25) is 0 Å². The summed E-state index contributed by atoms with van der Waals surface area (Å²) in [6.45, 7) is 14.1. The SMILES string of the molecule is CC(C)(C)c1cc(N(c2ccc(-c3ccccc3)cc2-c2ccccc2)c2ccccc2-c2cccc3cccc(C45CC6CC7CC(C4)C765)c23)cc(C(C)(C)C)c1. The molecule has 7 aromatic carbocycles. The summed E-state index contributed by atoms with van der Waals surface area (Å²) in [5.74, 6) is 2.87. The molecule has 11 rings (SSSR count). The van der Waals surface area contributed by atoms with Crippen LogP contribution in [0.4, 0.5) is 17.1 Å². The zero-order valence-electron chi connectivity index (χ0n) is 35.0. The van der Waals surface area contributed by atoms with Crippen LogP contribution in [0.3, 0.4) is 0 Å². The van der Waals surface area contributed by atoms with Gasteiger partial charge in [0.05, 0.1) is 11.4 Å². The van der Waals surface area contributed by atoms with Gasteiger partial charge in [0.25, 0.3) is 0 Å². The summed E-state index contributed by atoms with van der Waals surface area (Å²) in [7, 11) is 0. The second-order valence-electron chi connectivity index (χ2n) is 20.3. The number of hydrogen-bond acceptors (Lipinski definition) is 1. The maximum atomic E-state index is 2.60. The van der Waals surface area contributed by atoms with E-state index in [4.69, 9.17) is 0 Å². The van der Waals surface area contributed by atoms with E-state index < -0.39 is 0 Å². The Bertz CT molecular complexity index is 2660. The van der Waals surface area contributed by atoms with Crippen molar-refractivity contribution in [1.29, 1.82) is 0 Å². The lowest BCUT2D eigenvalue weighted by Gasteiger charge is -2.91. The normalized spacial score (nSPS) is 24.1. The molecule has 2 atom stereocenters. The minimum absolute atomic E-state index is 0.0357. The van der Waals surface area contributed by atoms with Crippen LogP contribution in [0.1, 0.15) is 83.9 Å². The van der Waals surface area contributed by atoms with Gasteiger partial charge in [-0.15, -0.1) is 0 Å². The van der Waals surface area contributed by atoms with Crippen molar-refractivity contribution in [3.8, 4) is 33.4 Å². The molecule has 58 heavy (non-hydrogen) atoms. The molecule has 0 radical (unpaired) electrons. The van der Waals surface area contributed by atoms with Crippen molar-refractivity contribution in [2.75, 3.05) is 4.90 Å². The molecule has 4 aliphatic carbocycles. The van der Waals surface area contributed by atoms with Gasteiger partial charge in [-0.1, -0.05) is 169 Å². The lowest BCUT2D eigenvalue weighted by atomic mass is 9.12. The van der Waals surface area contributed by atoms with Crippen molar-refractivity contribution in [2.24, 2.45) is 23.2 Å². The van der Waals surface area contributed by atoms with E-state index in [0.29, 0.717) is 10.8 Å². The lowest BCUT2D eigenvalue weighted by Crippen LogP contribution is -2.87. The van der Waals surface area contributed by atoms with Crippen molar-refractivity contribution in [2.45, 2.75) is 83.5 Å². The molecule has 4 saturated carbocycles. The van der Waals surface area contributed by atoms with E-state index in [1.54, 1.807) is 5.56 Å². The molecule has 1 spiro atoms. The molecule has 4 aliphatic rings. The fourth-order valence-corrected chi connectivity index (χ4v) is 12.7. The zero-order chi connectivity index (χ0) is 39.6. The van der Waals surface area contributed by atoms with Crippen molar-refractivity contribution < 1.29 is 0 Å². The zero-order valence-corrected chi connectivity index (χ0v) is 35.0. The highest BCUT2D eigenvalue weighted by molar-refractivity contribution is 6.05. The molecular weight excluding hydrogens is 699 g/mol. The average Bonchev–Trinajstić information content (AvgIpc) is 3.20. The quantitative estimate of drug-likeness (QED) is 0.157. The number of nitrogens with zero attached hydrogens (tertiary/aromatic N) is 1. The molecule has 0 amide bonds. The van der Waals surface area contributed by atoms with Crippen LogP contribution in [0.25, 0.3) is 44.2 Å². The monoisotopic (exact) mass is 753 g/mol. The minimum atomic E-state index is -0.0357. The number of para-hydroxylation sites is 1. The van der Waals surface area contributed by atoms with Crippen LogP contribution in [-0.4, -0.2) is 0 Å². The second kappa shape index (κ2) is 12.6. The third-order valence-electron chi connectivity index (χ3n) is 15.4. The summed E-state index contributed by atoms with van der Waals surface area (Å²) in [5.41, 5.74) is 16.3. The fourth-order valence-electron chi connectivity index (χ4n) is 12.7. The highest BCUT2D eigenvalue weighted by atomic mass is 15.1. The molecule has 1 heteroatoms. The van der Waals surface area contributed by atoms with Gasteiger partial charge in [-0.25, -0.2) is 0 Å². The minimum Gasteiger partial charge on any atom is -0.309 e. The maximum absolute atomic E-state index is 2.60. The molecule has 0 heterocycles. The van der Waals surface area contributed by atoms with E-state index >= 15 is 0 Å². The van der Waals surface area contributed by atoms with Crippen LogP contribution in [0, 0.1) is 23.2 Å². The fraction of sp³-hybridized carbons (Fsp3) is 0.298. The van der Waals surface area contributed by atoms with Crippen molar-refractivity contribution in [3.05, 3.63) is 174 Å². The molecule has 0 bridgehead atoms. The van der Waals surface area contributed by atoms with E-state index in [9.17, 15) is 0 Å². The summed E-state index contributed by atoms with van der Waals surface area (Å²) in [4.78, 5) is 2.60. The molecule has 0 N–H and O–H groups in total. The van der Waals surface area contributed by atoms with E-state index in [1.807, 2.05) is 0 Å². The molecular formula is C57H55N. The van der Waals surface area contributed by atoms with E-state index in [2.05, 4.69) is 204 Å². The Morgan fingerprint density at radius 3 is 1.66 bits per heavy atom. The second-order valence-corrected chi connectivity index (χ2v) is 20.3. The summed E-state index contributed by atoms with van der Waals surface area (Å²) >= 11 is 0. The van der Waals surface area contributed by atoms with Gasteiger partial charge in [0.15, 0.2) is 0 Å². The van der Waals surface area contributed by atoms with Crippen LogP contribution < -0.4 is 4.90 Å². The number of fused-ring (bicyclic) bond motifs is 1. The molecule has 1 nitrogen and oxygen atoms in total. The largest absolute Gasteiger partial charge is 0.309 e.